The van der Waals surface area contributed by atoms with Gasteiger partial charge in [-0.3, -0.25) is 14.4 Å². The van der Waals surface area contributed by atoms with Gasteiger partial charge in [0, 0.05) is 29.5 Å². The quantitative estimate of drug-likeness (QED) is 0.298. The van der Waals surface area contributed by atoms with Crippen LogP contribution < -0.4 is 22.1 Å². The van der Waals surface area contributed by atoms with Gasteiger partial charge in [-0.2, -0.15) is 4.68 Å². The van der Waals surface area contributed by atoms with Crippen molar-refractivity contribution in [2.75, 3.05) is 0 Å². The van der Waals surface area contributed by atoms with E-state index in [2.05, 4.69) is 5.32 Å². The molecule has 0 bridgehead atoms. The summed E-state index contributed by atoms with van der Waals surface area (Å²) in [6.07, 6.45) is 7.03. The number of nitrogens with one attached hydrogen (secondary N) is 1. The standard InChI is InChI=1S/C30H34N4O8S/c35-24-13-14-43-25-12-9-19(15-21(24)25)16-22(28(39)40)31-27(38)23-11-10-20(7-4-8-26(36)37)33-29(41)32(30(42)34(23)33)17-18-5-2-1-3-6-18/h9,11-15,18,20,22H,1-8,10,16-17H2,(H,31,38)(H,36,37)(H,39,40). The molecule has 3 heterocycles. The predicted molar refractivity (Wildman–Crippen MR) is 160 cm³/mol. The monoisotopic (exact) mass is 610 g/mol. The van der Waals surface area contributed by atoms with Crippen molar-refractivity contribution in [1.29, 1.82) is 0 Å². The van der Waals surface area contributed by atoms with E-state index in [1.807, 2.05) is 0 Å². The highest BCUT2D eigenvalue weighted by atomic mass is 32.1. The molecule has 1 aliphatic heterocycles. The second kappa shape index (κ2) is 12.9. The molecule has 12 nitrogen and oxygen atoms in total. The molecule has 0 radical (unpaired) electrons. The van der Waals surface area contributed by atoms with Crippen LogP contribution in [0.1, 0.15) is 69.4 Å². The van der Waals surface area contributed by atoms with Gasteiger partial charge in [-0.1, -0.05) is 31.4 Å². The lowest BCUT2D eigenvalue weighted by Gasteiger charge is -2.25. The lowest BCUT2D eigenvalue weighted by molar-refractivity contribution is -0.141. The summed E-state index contributed by atoms with van der Waals surface area (Å²) in [6, 6.07) is 4.59. The number of allylic oxidation sites excluding steroid dienone is 1. The first kappa shape index (κ1) is 30.2. The molecule has 2 unspecified atom stereocenters. The van der Waals surface area contributed by atoms with Crippen molar-refractivity contribution in [3.8, 4) is 0 Å². The number of carbonyl (C=O) groups excluding carboxylic acids is 1. The fourth-order valence-electron chi connectivity index (χ4n) is 6.10. The summed E-state index contributed by atoms with van der Waals surface area (Å²) in [6.45, 7) is 0.226. The summed E-state index contributed by atoms with van der Waals surface area (Å²) < 4.78 is 4.17. The Kier molecular flexibility index (Phi) is 9.09. The molecule has 1 saturated carbocycles. The van der Waals surface area contributed by atoms with Gasteiger partial charge in [0.2, 0.25) is 0 Å². The number of hydrogen-bond donors (Lipinski definition) is 3. The zero-order chi connectivity index (χ0) is 30.7. The number of carboxylic acids is 2. The maximum absolute atomic E-state index is 13.7. The topological polar surface area (TPSA) is 170 Å². The van der Waals surface area contributed by atoms with Gasteiger partial charge in [-0.25, -0.2) is 23.6 Å². The van der Waals surface area contributed by atoms with Gasteiger partial charge in [-0.05, 0) is 67.2 Å². The molecule has 43 heavy (non-hydrogen) atoms. The third kappa shape index (κ3) is 6.56. The van der Waals surface area contributed by atoms with E-state index in [9.17, 15) is 33.9 Å². The highest BCUT2D eigenvalue weighted by Crippen LogP contribution is 2.27. The summed E-state index contributed by atoms with van der Waals surface area (Å²) in [7, 11) is 0. The maximum atomic E-state index is 13.7. The normalized spacial score (nSPS) is 17.7. The molecule has 2 aromatic heterocycles. The van der Waals surface area contributed by atoms with Crippen molar-refractivity contribution in [2.24, 2.45) is 5.92 Å². The molecule has 1 fully saturated rings. The van der Waals surface area contributed by atoms with Crippen molar-refractivity contribution >= 4 is 45.0 Å². The Labute approximate surface area is 249 Å². The lowest BCUT2D eigenvalue weighted by Crippen LogP contribution is -2.45. The molecule has 1 aromatic carbocycles. The van der Waals surface area contributed by atoms with Crippen molar-refractivity contribution in [3.63, 3.8) is 0 Å². The molecule has 1 aliphatic carbocycles. The fraction of sp³-hybridized carbons (Fsp3) is 0.467. The van der Waals surface area contributed by atoms with Gasteiger partial charge < -0.3 is 15.5 Å². The van der Waals surface area contributed by atoms with Crippen LogP contribution in [0.25, 0.3) is 15.8 Å². The summed E-state index contributed by atoms with van der Waals surface area (Å²) in [5.41, 5.74) is -1.03. The van der Waals surface area contributed by atoms with Crippen LogP contribution in [-0.2, 0) is 27.3 Å². The molecular weight excluding hydrogens is 576 g/mol. The minimum Gasteiger partial charge on any atom is -0.481 e. The van der Waals surface area contributed by atoms with Crippen LogP contribution in [0.2, 0.25) is 0 Å². The van der Waals surface area contributed by atoms with E-state index in [-0.39, 0.29) is 49.3 Å². The number of nitrogens with zero attached hydrogens (tertiary/aromatic N) is 3. The third-order valence-corrected chi connectivity index (χ3v) is 9.19. The Balaban J connectivity index is 1.43. The number of hydrogen-bond acceptors (Lipinski definition) is 7. The Morgan fingerprint density at radius 2 is 1.79 bits per heavy atom. The zero-order valence-electron chi connectivity index (χ0n) is 23.6. The van der Waals surface area contributed by atoms with Gasteiger partial charge >= 0.3 is 23.3 Å². The Morgan fingerprint density at radius 1 is 1.02 bits per heavy atom. The summed E-state index contributed by atoms with van der Waals surface area (Å²) >= 11 is 1.38. The van der Waals surface area contributed by atoms with E-state index in [1.165, 1.54) is 28.2 Å². The second-order valence-electron chi connectivity index (χ2n) is 11.3. The molecule has 0 spiro atoms. The van der Waals surface area contributed by atoms with Gasteiger partial charge in [0.25, 0.3) is 5.91 Å². The predicted octanol–water partition coefficient (Wildman–Crippen LogP) is 2.82. The molecule has 0 saturated heterocycles. The first-order chi connectivity index (χ1) is 20.6. The van der Waals surface area contributed by atoms with E-state index < -0.39 is 41.3 Å². The SMILES string of the molecule is O=C(O)CCCC1CC=C(C(=O)NC(Cc2ccc3sccc(=O)c3c2)C(=O)O)n2c(=O)n(CC3CCCCC3)c(=O)n21. The molecule has 3 aromatic rings. The average Bonchev–Trinajstić information content (AvgIpc) is 3.23. The molecule has 3 N–H and O–H groups in total. The van der Waals surface area contributed by atoms with Crippen molar-refractivity contribution in [2.45, 2.75) is 82.8 Å². The van der Waals surface area contributed by atoms with Crippen molar-refractivity contribution in [3.05, 3.63) is 72.5 Å². The summed E-state index contributed by atoms with van der Waals surface area (Å²) in [5, 5.41) is 23.7. The maximum Gasteiger partial charge on any atom is 0.352 e. The minimum absolute atomic E-state index is 0.0983. The van der Waals surface area contributed by atoms with Crippen molar-refractivity contribution in [1.82, 2.24) is 19.2 Å². The van der Waals surface area contributed by atoms with Gasteiger partial charge in [-0.15, -0.1) is 11.3 Å². The minimum atomic E-state index is -1.37. The smallest absolute Gasteiger partial charge is 0.352 e. The molecule has 2 aliphatic rings. The van der Waals surface area contributed by atoms with E-state index >= 15 is 0 Å². The number of fused-ring (bicyclic) bond motifs is 2. The number of rotatable bonds is 11. The Bertz CT molecular complexity index is 1760. The molecule has 2 atom stereocenters. The largest absolute Gasteiger partial charge is 0.481 e. The molecule has 1 amide bonds. The van der Waals surface area contributed by atoms with E-state index in [0.717, 1.165) is 46.1 Å². The molecular formula is C30H34N4O8S. The first-order valence-corrected chi connectivity index (χ1v) is 15.4. The van der Waals surface area contributed by atoms with Gasteiger partial charge in [0.15, 0.2) is 5.43 Å². The average molecular weight is 611 g/mol. The van der Waals surface area contributed by atoms with Gasteiger partial charge in [0.1, 0.15) is 11.7 Å². The molecule has 228 valence electrons. The number of amides is 1. The fourth-order valence-corrected chi connectivity index (χ4v) is 6.87. The molecule has 13 heteroatoms. The number of carbonyl (C=O) groups is 3. The van der Waals surface area contributed by atoms with E-state index in [0.29, 0.717) is 17.4 Å². The number of benzene rings is 1. The zero-order valence-corrected chi connectivity index (χ0v) is 24.4. The van der Waals surface area contributed by atoms with Crippen LogP contribution >= 0.6 is 11.3 Å². The van der Waals surface area contributed by atoms with Crippen LogP contribution in [-0.4, -0.2) is 48.0 Å². The van der Waals surface area contributed by atoms with Crippen molar-refractivity contribution < 1.29 is 24.6 Å². The van der Waals surface area contributed by atoms with Crippen LogP contribution in [0.3, 0.4) is 0 Å². The highest BCUT2D eigenvalue weighted by molar-refractivity contribution is 7.16. The first-order valence-electron chi connectivity index (χ1n) is 14.5. The van der Waals surface area contributed by atoms with E-state index in [1.54, 1.807) is 23.6 Å². The number of aliphatic carboxylic acids is 2. The number of aromatic nitrogens is 3. The van der Waals surface area contributed by atoms with Crippen LogP contribution in [0.5, 0.6) is 0 Å². The summed E-state index contributed by atoms with van der Waals surface area (Å²) in [4.78, 5) is 76.4. The highest BCUT2D eigenvalue weighted by Gasteiger charge is 2.33. The molecule has 5 rings (SSSR count). The van der Waals surface area contributed by atoms with Crippen LogP contribution in [0.4, 0.5) is 0 Å². The van der Waals surface area contributed by atoms with E-state index in [4.69, 9.17) is 5.11 Å². The third-order valence-electron chi connectivity index (χ3n) is 8.31. The summed E-state index contributed by atoms with van der Waals surface area (Å²) in [5.74, 6) is -2.93. The second-order valence-corrected chi connectivity index (χ2v) is 12.2. The van der Waals surface area contributed by atoms with Crippen LogP contribution in [0, 0.1) is 5.92 Å². The van der Waals surface area contributed by atoms with Gasteiger partial charge in [0.05, 0.1) is 6.04 Å². The number of carboxylic acid groups (broad SMARTS) is 2. The lowest BCUT2D eigenvalue weighted by atomic mass is 9.89. The Hall–Kier alpha value is -4.26. The Morgan fingerprint density at radius 3 is 2.51 bits per heavy atom. The van der Waals surface area contributed by atoms with Crippen LogP contribution in [0.15, 0.2) is 50.1 Å².